The van der Waals surface area contributed by atoms with E-state index < -0.39 is 0 Å². The van der Waals surface area contributed by atoms with E-state index in [0.717, 1.165) is 0 Å². The molecule has 2 aromatic heterocycles. The molecule has 0 fully saturated rings. The highest BCUT2D eigenvalue weighted by molar-refractivity contribution is 6.29. The molecule has 0 aliphatic rings. The molecular weight excluding hydrogens is 162 g/mol. The van der Waals surface area contributed by atoms with Crippen LogP contribution in [0.15, 0.2) is 24.5 Å². The first-order chi connectivity index (χ1) is 5.75. The molecule has 4 heteroatoms. The minimum absolute atomic E-state index is 0.0947. The number of rotatable bonds is 0. The molecule has 2 aromatic rings. The summed E-state index contributed by atoms with van der Waals surface area (Å²) >= 11 is 5.63. The Labute approximate surface area is 69.5 Å². The average molecular weight is 167 g/mol. The Kier molecular flexibility index (Phi) is 1.20. The summed E-state index contributed by atoms with van der Waals surface area (Å²) in [7, 11) is 0. The Morgan fingerprint density at radius 3 is 3.18 bits per heavy atom. The molecule has 0 atom stereocenters. The second kappa shape index (κ2) is 2.43. The topological polar surface area (TPSA) is 38.7 Å². The number of halogens is 1. The maximum Gasteiger partial charge on any atom is 0.179 e. The molecule has 0 amide bonds. The summed E-state index contributed by atoms with van der Waals surface area (Å²) in [6.45, 7) is 0. The molecule has 0 unspecified atom stereocenters. The summed E-state index contributed by atoms with van der Waals surface area (Å²) in [6, 6.07) is 3.36. The van der Waals surface area contributed by atoms with Gasteiger partial charge in [-0.15, -0.1) is 0 Å². The second-order valence-corrected chi connectivity index (χ2v) is 2.36. The van der Waals surface area contributed by atoms with Crippen molar-refractivity contribution in [2.75, 3.05) is 0 Å². The van der Waals surface area contributed by atoms with Crippen LogP contribution in [0.2, 0.25) is 5.15 Å². The van der Waals surface area contributed by atoms with E-state index >= 15 is 0 Å². The number of hydrogen-bond acceptors (Lipinski definition) is 3. The fraction of sp³-hybridized carbons (Fsp3) is 0. The molecule has 54 valence electrons. The lowest BCUT2D eigenvalue weighted by molar-refractivity contribution is 1.22. The van der Waals surface area contributed by atoms with Crippen LogP contribution < -0.4 is 0 Å². The number of nitrogens with zero attached hydrogens (tertiary/aromatic N) is 3. The van der Waals surface area contributed by atoms with Gasteiger partial charge in [-0.1, -0.05) is 11.6 Å². The normalized spacial score (nSPS) is 11.5. The fourth-order valence-corrected chi connectivity index (χ4v) is 0.932. The van der Waals surface area contributed by atoms with Crippen molar-refractivity contribution < 1.29 is 1.37 Å². The molecule has 3 nitrogen and oxygen atoms in total. The number of aromatic nitrogens is 3. The van der Waals surface area contributed by atoms with Gasteiger partial charge in [-0.2, -0.15) is 0 Å². The molecule has 0 aromatic carbocycles. The first kappa shape index (κ1) is 5.43. The molecule has 2 rings (SSSR count). The SMILES string of the molecule is [2H]c1cnc2ccc(Cl)nc2n1. The zero-order valence-electron chi connectivity index (χ0n) is 6.45. The van der Waals surface area contributed by atoms with Crippen molar-refractivity contribution in [1.29, 1.82) is 0 Å². The van der Waals surface area contributed by atoms with Crippen LogP contribution in [0.1, 0.15) is 1.37 Å². The summed E-state index contributed by atoms with van der Waals surface area (Å²) in [5.74, 6) is 0. The molecule has 11 heavy (non-hydrogen) atoms. The molecule has 0 radical (unpaired) electrons. The van der Waals surface area contributed by atoms with Crippen LogP contribution in [0.25, 0.3) is 11.2 Å². The van der Waals surface area contributed by atoms with Gasteiger partial charge in [0.25, 0.3) is 0 Å². The van der Waals surface area contributed by atoms with Crippen LogP contribution in [-0.4, -0.2) is 15.0 Å². The highest BCUT2D eigenvalue weighted by Crippen LogP contribution is 2.09. The Bertz CT molecular complexity index is 395. The van der Waals surface area contributed by atoms with Crippen LogP contribution in [-0.2, 0) is 0 Å². The van der Waals surface area contributed by atoms with Gasteiger partial charge in [0.05, 0.1) is 1.37 Å². The van der Waals surface area contributed by atoms with Crippen molar-refractivity contribution >= 4 is 22.8 Å². The van der Waals surface area contributed by atoms with Gasteiger partial charge in [0.15, 0.2) is 5.65 Å². The maximum absolute atomic E-state index is 7.19. The molecule has 0 bridgehead atoms. The second-order valence-electron chi connectivity index (χ2n) is 1.98. The molecule has 0 aliphatic heterocycles. The molecular formula is C7H4ClN3. The van der Waals surface area contributed by atoms with Gasteiger partial charge in [-0.3, -0.25) is 4.98 Å². The standard InChI is InChI=1S/C7H4ClN3/c8-6-2-1-5-7(11-6)10-4-3-9-5/h1-4H/i4D. The van der Waals surface area contributed by atoms with Gasteiger partial charge < -0.3 is 0 Å². The van der Waals surface area contributed by atoms with Crippen molar-refractivity contribution in [2.24, 2.45) is 0 Å². The van der Waals surface area contributed by atoms with E-state index in [-0.39, 0.29) is 6.17 Å². The van der Waals surface area contributed by atoms with Gasteiger partial charge in [0.2, 0.25) is 0 Å². The predicted molar refractivity (Wildman–Crippen MR) is 42.3 cm³/mol. The molecule has 0 saturated carbocycles. The summed E-state index contributed by atoms with van der Waals surface area (Å²) in [6.07, 6.45) is 1.47. The van der Waals surface area contributed by atoms with E-state index in [4.69, 9.17) is 13.0 Å². The van der Waals surface area contributed by atoms with Gasteiger partial charge in [0.1, 0.15) is 10.7 Å². The predicted octanol–water partition coefficient (Wildman–Crippen LogP) is 1.68. The molecule has 0 saturated heterocycles. The van der Waals surface area contributed by atoms with E-state index in [9.17, 15) is 0 Å². The highest BCUT2D eigenvalue weighted by atomic mass is 35.5. The number of fused-ring (bicyclic) bond motifs is 1. The van der Waals surface area contributed by atoms with E-state index in [1.54, 1.807) is 12.1 Å². The Balaban J connectivity index is 2.80. The maximum atomic E-state index is 7.19. The third-order valence-corrected chi connectivity index (χ3v) is 1.46. The molecule has 0 N–H and O–H groups in total. The summed E-state index contributed by atoms with van der Waals surface area (Å²) < 4.78 is 7.19. The Hall–Kier alpha value is -1.22. The number of pyridine rings is 1. The van der Waals surface area contributed by atoms with Crippen molar-refractivity contribution in [3.63, 3.8) is 0 Å². The largest absolute Gasteiger partial charge is 0.251 e. The summed E-state index contributed by atoms with van der Waals surface area (Å²) in [5, 5.41) is 0.363. The van der Waals surface area contributed by atoms with Crippen molar-refractivity contribution in [1.82, 2.24) is 15.0 Å². The number of hydrogen-bond donors (Lipinski definition) is 0. The highest BCUT2D eigenvalue weighted by Gasteiger charge is 1.95. The minimum Gasteiger partial charge on any atom is -0.251 e. The first-order valence-electron chi connectivity index (χ1n) is 3.51. The fourth-order valence-electron chi connectivity index (χ4n) is 0.789. The molecule has 0 aliphatic carbocycles. The quantitative estimate of drug-likeness (QED) is 0.559. The lowest BCUT2D eigenvalue weighted by Crippen LogP contribution is -1.85. The van der Waals surface area contributed by atoms with Gasteiger partial charge in [-0.25, -0.2) is 9.97 Å². The zero-order valence-corrected chi connectivity index (χ0v) is 6.21. The Morgan fingerprint density at radius 2 is 2.27 bits per heavy atom. The molecule has 2 heterocycles. The third-order valence-electron chi connectivity index (χ3n) is 1.25. The monoisotopic (exact) mass is 166 g/mol. The average Bonchev–Trinajstić information content (AvgIpc) is 2.03. The van der Waals surface area contributed by atoms with Crippen molar-refractivity contribution in [3.8, 4) is 0 Å². The summed E-state index contributed by atoms with van der Waals surface area (Å²) in [4.78, 5) is 11.7. The minimum atomic E-state index is 0.0947. The van der Waals surface area contributed by atoms with Crippen LogP contribution in [0.3, 0.4) is 0 Å². The van der Waals surface area contributed by atoms with Crippen molar-refractivity contribution in [3.05, 3.63) is 29.7 Å². The lowest BCUT2D eigenvalue weighted by atomic mass is 10.4. The van der Waals surface area contributed by atoms with Gasteiger partial charge >= 0.3 is 0 Å². The smallest absolute Gasteiger partial charge is 0.179 e. The first-order valence-corrected chi connectivity index (χ1v) is 3.39. The van der Waals surface area contributed by atoms with E-state index in [0.29, 0.717) is 16.3 Å². The van der Waals surface area contributed by atoms with E-state index in [2.05, 4.69) is 15.0 Å². The van der Waals surface area contributed by atoms with E-state index in [1.807, 2.05) is 0 Å². The van der Waals surface area contributed by atoms with Gasteiger partial charge in [-0.05, 0) is 12.1 Å². The van der Waals surface area contributed by atoms with Gasteiger partial charge in [0, 0.05) is 12.4 Å². The summed E-state index contributed by atoms with van der Waals surface area (Å²) in [5.41, 5.74) is 1.06. The molecule has 0 spiro atoms. The zero-order chi connectivity index (χ0) is 8.55. The van der Waals surface area contributed by atoms with Crippen LogP contribution >= 0.6 is 11.6 Å². The van der Waals surface area contributed by atoms with Crippen molar-refractivity contribution in [2.45, 2.75) is 0 Å². The third kappa shape index (κ3) is 1.14. The van der Waals surface area contributed by atoms with Crippen LogP contribution in [0.5, 0.6) is 0 Å². The van der Waals surface area contributed by atoms with Crippen LogP contribution in [0.4, 0.5) is 0 Å². The van der Waals surface area contributed by atoms with E-state index in [1.165, 1.54) is 6.20 Å². The Morgan fingerprint density at radius 1 is 1.36 bits per heavy atom. The lowest BCUT2D eigenvalue weighted by Gasteiger charge is -1.92. The van der Waals surface area contributed by atoms with Crippen LogP contribution in [0, 0.1) is 0 Å².